The van der Waals surface area contributed by atoms with Gasteiger partial charge in [-0.2, -0.15) is 5.26 Å². The van der Waals surface area contributed by atoms with Gasteiger partial charge in [0.25, 0.3) is 0 Å². The second kappa shape index (κ2) is 11.2. The molecular weight excluding hydrogens is 603 g/mol. The third kappa shape index (κ3) is 4.26. The molecule has 0 bridgehead atoms. The highest BCUT2D eigenvalue weighted by Gasteiger charge is 2.31. The number of nitriles is 1. The van der Waals surface area contributed by atoms with E-state index in [1.807, 2.05) is 24.3 Å². The summed E-state index contributed by atoms with van der Waals surface area (Å²) in [5.41, 5.74) is 15.7. The standard InChI is InChI=1S/C49H29N/c50-30-31-18-20-32(21-19-31)35-22-23-37-29-38(25-24-36(37)28-35)39-26-27-44-47-40(39)16-9-17-43(47)48-45(33-10-3-1-4-11-33)41-14-7-8-15-42(41)46(49(44)48)34-12-5-2-6-13-34/h1-29H. The lowest BCUT2D eigenvalue weighted by Crippen LogP contribution is -1.93. The normalized spacial score (nSPS) is 11.6. The van der Waals surface area contributed by atoms with Crippen LogP contribution < -0.4 is 0 Å². The van der Waals surface area contributed by atoms with E-state index in [1.165, 1.54) is 88.0 Å². The fraction of sp³-hybridized carbons (Fsp3) is 0. The highest BCUT2D eigenvalue weighted by molar-refractivity contribution is 6.28. The largest absolute Gasteiger partial charge is 0.192 e. The summed E-state index contributed by atoms with van der Waals surface area (Å²) in [5, 5.41) is 16.8. The molecule has 10 rings (SSSR count). The summed E-state index contributed by atoms with van der Waals surface area (Å²) in [6, 6.07) is 65.7. The second-order valence-electron chi connectivity index (χ2n) is 13.1. The molecule has 230 valence electrons. The molecule has 0 aliphatic heterocycles. The molecule has 0 N–H and O–H groups in total. The predicted octanol–water partition coefficient (Wildman–Crippen LogP) is 13.3. The van der Waals surface area contributed by atoms with Crippen LogP contribution in [0.4, 0.5) is 0 Å². The van der Waals surface area contributed by atoms with Gasteiger partial charge >= 0.3 is 0 Å². The molecule has 1 aliphatic rings. The SMILES string of the molecule is N#Cc1ccc(-c2ccc3cc(-c4ccc5c6c(cccc46)-c4c-5c(-c5ccccc5)c5ccccc5c4-c4ccccc4)ccc3c2)cc1. The zero-order valence-electron chi connectivity index (χ0n) is 27.2. The first kappa shape index (κ1) is 28.3. The van der Waals surface area contributed by atoms with Gasteiger partial charge in [-0.1, -0.05) is 152 Å². The third-order valence-corrected chi connectivity index (χ3v) is 10.4. The van der Waals surface area contributed by atoms with Crippen LogP contribution in [0.3, 0.4) is 0 Å². The minimum atomic E-state index is 0.675. The van der Waals surface area contributed by atoms with Crippen LogP contribution in [0.2, 0.25) is 0 Å². The Morgan fingerprint density at radius 2 is 0.820 bits per heavy atom. The van der Waals surface area contributed by atoms with Crippen molar-refractivity contribution in [3.63, 3.8) is 0 Å². The maximum atomic E-state index is 9.21. The van der Waals surface area contributed by atoms with E-state index in [0.29, 0.717) is 5.56 Å². The zero-order chi connectivity index (χ0) is 33.2. The Hall–Kier alpha value is -6.75. The maximum Gasteiger partial charge on any atom is 0.0991 e. The molecular formula is C49H29N. The molecule has 50 heavy (non-hydrogen) atoms. The van der Waals surface area contributed by atoms with Gasteiger partial charge in [-0.3, -0.25) is 0 Å². The van der Waals surface area contributed by atoms with E-state index in [-0.39, 0.29) is 0 Å². The minimum Gasteiger partial charge on any atom is -0.192 e. The van der Waals surface area contributed by atoms with Gasteiger partial charge in [-0.25, -0.2) is 0 Å². The Balaban J connectivity index is 1.20. The molecule has 0 saturated heterocycles. The Bertz CT molecular complexity index is 2750. The Labute approximate surface area is 291 Å². The molecule has 0 heterocycles. The number of benzene rings is 9. The van der Waals surface area contributed by atoms with Gasteiger partial charge in [0.2, 0.25) is 0 Å². The van der Waals surface area contributed by atoms with E-state index in [1.54, 1.807) is 0 Å². The summed E-state index contributed by atoms with van der Waals surface area (Å²) in [5.74, 6) is 0. The molecule has 0 unspecified atom stereocenters. The molecule has 1 nitrogen and oxygen atoms in total. The lowest BCUT2D eigenvalue weighted by molar-refractivity contribution is 1.48. The van der Waals surface area contributed by atoms with Crippen molar-refractivity contribution in [3.05, 3.63) is 181 Å². The van der Waals surface area contributed by atoms with Crippen LogP contribution in [0.25, 0.3) is 99.1 Å². The number of hydrogen-bond acceptors (Lipinski definition) is 1. The molecule has 0 fully saturated rings. The molecule has 0 radical (unpaired) electrons. The topological polar surface area (TPSA) is 23.8 Å². The van der Waals surface area contributed by atoms with Gasteiger partial charge in [0, 0.05) is 0 Å². The Kier molecular flexibility index (Phi) is 6.31. The molecule has 1 heteroatoms. The second-order valence-corrected chi connectivity index (χ2v) is 13.1. The lowest BCUT2D eigenvalue weighted by atomic mass is 9.82. The van der Waals surface area contributed by atoms with Gasteiger partial charge in [-0.15, -0.1) is 0 Å². The lowest BCUT2D eigenvalue weighted by Gasteiger charge is -2.20. The molecule has 9 aromatic carbocycles. The quantitative estimate of drug-likeness (QED) is 0.190. The predicted molar refractivity (Wildman–Crippen MR) is 210 cm³/mol. The highest BCUT2D eigenvalue weighted by atomic mass is 14.3. The highest BCUT2D eigenvalue weighted by Crippen LogP contribution is 2.58. The van der Waals surface area contributed by atoms with Crippen LogP contribution in [0.1, 0.15) is 5.56 Å². The van der Waals surface area contributed by atoms with Crippen LogP contribution in [0, 0.1) is 11.3 Å². The van der Waals surface area contributed by atoms with Crippen LogP contribution in [0.15, 0.2) is 176 Å². The van der Waals surface area contributed by atoms with Crippen LogP contribution in [-0.2, 0) is 0 Å². The molecule has 1 aliphatic carbocycles. The number of hydrogen-bond donors (Lipinski definition) is 0. The van der Waals surface area contributed by atoms with E-state index in [2.05, 4.69) is 158 Å². The van der Waals surface area contributed by atoms with E-state index in [9.17, 15) is 5.26 Å². The van der Waals surface area contributed by atoms with Crippen LogP contribution in [0.5, 0.6) is 0 Å². The summed E-state index contributed by atoms with van der Waals surface area (Å²) in [4.78, 5) is 0. The maximum absolute atomic E-state index is 9.21. The van der Waals surface area contributed by atoms with E-state index in [0.717, 1.165) is 11.1 Å². The van der Waals surface area contributed by atoms with Crippen molar-refractivity contribution in [2.75, 3.05) is 0 Å². The number of fused-ring (bicyclic) bond motifs is 5. The summed E-state index contributed by atoms with van der Waals surface area (Å²) < 4.78 is 0. The van der Waals surface area contributed by atoms with Gasteiger partial charge in [0.05, 0.1) is 11.6 Å². The molecule has 0 spiro atoms. The van der Waals surface area contributed by atoms with Gasteiger partial charge in [0.15, 0.2) is 0 Å². The van der Waals surface area contributed by atoms with Gasteiger partial charge in [0.1, 0.15) is 0 Å². The number of nitrogens with zero attached hydrogens (tertiary/aromatic N) is 1. The van der Waals surface area contributed by atoms with E-state index >= 15 is 0 Å². The van der Waals surface area contributed by atoms with Crippen molar-refractivity contribution in [2.45, 2.75) is 0 Å². The average molecular weight is 632 g/mol. The Morgan fingerprint density at radius 1 is 0.320 bits per heavy atom. The summed E-state index contributed by atoms with van der Waals surface area (Å²) in [6.07, 6.45) is 0. The van der Waals surface area contributed by atoms with E-state index in [4.69, 9.17) is 0 Å². The molecule has 0 atom stereocenters. The molecule has 0 aromatic heterocycles. The summed E-state index contributed by atoms with van der Waals surface area (Å²) in [7, 11) is 0. The van der Waals surface area contributed by atoms with Crippen molar-refractivity contribution in [1.82, 2.24) is 0 Å². The monoisotopic (exact) mass is 631 g/mol. The van der Waals surface area contributed by atoms with Crippen molar-refractivity contribution in [1.29, 1.82) is 5.26 Å². The van der Waals surface area contributed by atoms with Crippen molar-refractivity contribution in [3.8, 4) is 72.8 Å². The van der Waals surface area contributed by atoms with Crippen molar-refractivity contribution < 1.29 is 0 Å². The first-order valence-corrected chi connectivity index (χ1v) is 17.1. The number of rotatable bonds is 4. The smallest absolute Gasteiger partial charge is 0.0991 e. The van der Waals surface area contributed by atoms with Gasteiger partial charge in [-0.05, 0) is 123 Å². The average Bonchev–Trinajstić information content (AvgIpc) is 3.52. The van der Waals surface area contributed by atoms with Crippen LogP contribution >= 0.6 is 0 Å². The third-order valence-electron chi connectivity index (χ3n) is 10.4. The summed E-state index contributed by atoms with van der Waals surface area (Å²) >= 11 is 0. The van der Waals surface area contributed by atoms with Crippen LogP contribution in [-0.4, -0.2) is 0 Å². The zero-order valence-corrected chi connectivity index (χ0v) is 27.2. The Morgan fingerprint density at radius 3 is 1.44 bits per heavy atom. The summed E-state index contributed by atoms with van der Waals surface area (Å²) in [6.45, 7) is 0. The fourth-order valence-electron chi connectivity index (χ4n) is 8.19. The first-order valence-electron chi connectivity index (χ1n) is 17.1. The minimum absolute atomic E-state index is 0.675. The fourth-order valence-corrected chi connectivity index (χ4v) is 8.19. The van der Waals surface area contributed by atoms with Gasteiger partial charge < -0.3 is 0 Å². The van der Waals surface area contributed by atoms with E-state index < -0.39 is 0 Å². The van der Waals surface area contributed by atoms with Crippen molar-refractivity contribution >= 4 is 32.3 Å². The first-order chi connectivity index (χ1) is 24.8. The molecule has 0 amide bonds. The molecule has 9 aromatic rings. The molecule has 0 saturated carbocycles. The van der Waals surface area contributed by atoms with Crippen molar-refractivity contribution in [2.24, 2.45) is 0 Å².